The summed E-state index contributed by atoms with van der Waals surface area (Å²) in [6, 6.07) is 4.65. The van der Waals surface area contributed by atoms with Crippen LogP contribution in [0.15, 0.2) is 24.3 Å². The van der Waals surface area contributed by atoms with E-state index in [0.29, 0.717) is 16.6 Å². The number of anilines is 1. The van der Waals surface area contributed by atoms with Crippen LogP contribution in [0.3, 0.4) is 0 Å². The molecule has 0 saturated heterocycles. The molecule has 0 bridgehead atoms. The number of halogens is 1. The van der Waals surface area contributed by atoms with Crippen molar-refractivity contribution in [1.82, 2.24) is 0 Å². The molecule has 8 heteroatoms. The zero-order valence-corrected chi connectivity index (χ0v) is 14.0. The fourth-order valence-corrected chi connectivity index (χ4v) is 2.73. The van der Waals surface area contributed by atoms with Gasteiger partial charge in [-0.1, -0.05) is 34.7 Å². The van der Waals surface area contributed by atoms with E-state index in [-0.39, 0.29) is 17.0 Å². The number of fused-ring (bicyclic) bond motifs is 1. The topological polar surface area (TPSA) is 89.5 Å². The molecule has 1 aliphatic rings. The number of carbonyl (C=O) groups is 2. The van der Waals surface area contributed by atoms with Crippen LogP contribution in [0, 0.1) is 0 Å². The number of alkyl halides is 1. The third kappa shape index (κ3) is 3.62. The standard InChI is InChI=1S/C13H12INO5S/c1-21(18,19)15-9-4-2-3-8-11(20-6-5-14)7-10(16)13(17)12(8)9/h2-4,7,15H,5-6H2,1H3. The number of hydrogen-bond donors (Lipinski definition) is 1. The summed E-state index contributed by atoms with van der Waals surface area (Å²) < 4.78 is 31.2. The fourth-order valence-electron chi connectivity index (χ4n) is 1.94. The molecule has 0 heterocycles. The number of carbonyl (C=O) groups excluding carboxylic acids is 2. The van der Waals surface area contributed by atoms with Gasteiger partial charge in [0.15, 0.2) is 0 Å². The van der Waals surface area contributed by atoms with Crippen molar-refractivity contribution in [1.29, 1.82) is 0 Å². The Morgan fingerprint density at radius 1 is 1.29 bits per heavy atom. The molecular weight excluding hydrogens is 409 g/mol. The van der Waals surface area contributed by atoms with E-state index in [4.69, 9.17) is 4.74 Å². The van der Waals surface area contributed by atoms with E-state index in [0.717, 1.165) is 12.3 Å². The normalized spacial score (nSPS) is 14.5. The van der Waals surface area contributed by atoms with Gasteiger partial charge in [0, 0.05) is 16.1 Å². The third-order valence-electron chi connectivity index (χ3n) is 2.67. The van der Waals surface area contributed by atoms with Crippen LogP contribution in [0.4, 0.5) is 5.69 Å². The van der Waals surface area contributed by atoms with Gasteiger partial charge in [0.25, 0.3) is 0 Å². The summed E-state index contributed by atoms with van der Waals surface area (Å²) in [5, 5.41) is 0. The maximum absolute atomic E-state index is 12.1. The molecule has 0 amide bonds. The first kappa shape index (κ1) is 16.0. The summed E-state index contributed by atoms with van der Waals surface area (Å²) in [7, 11) is -3.56. The van der Waals surface area contributed by atoms with E-state index in [9.17, 15) is 18.0 Å². The molecule has 1 aromatic rings. The maximum atomic E-state index is 12.1. The third-order valence-corrected chi connectivity index (χ3v) is 3.70. The highest BCUT2D eigenvalue weighted by Crippen LogP contribution is 2.31. The second kappa shape index (κ2) is 6.14. The summed E-state index contributed by atoms with van der Waals surface area (Å²) in [6.45, 7) is 0.386. The van der Waals surface area contributed by atoms with Gasteiger partial charge in [0.05, 0.1) is 24.1 Å². The smallest absolute Gasteiger partial charge is 0.235 e. The van der Waals surface area contributed by atoms with Crippen LogP contribution in [0.1, 0.15) is 15.9 Å². The first-order valence-corrected chi connectivity index (χ1v) is 9.35. The largest absolute Gasteiger partial charge is 0.492 e. The molecule has 0 saturated carbocycles. The Morgan fingerprint density at radius 3 is 2.62 bits per heavy atom. The quantitative estimate of drug-likeness (QED) is 0.444. The van der Waals surface area contributed by atoms with E-state index in [1.807, 2.05) is 0 Å². The van der Waals surface area contributed by atoms with Gasteiger partial charge in [0.1, 0.15) is 5.76 Å². The molecule has 112 valence electrons. The van der Waals surface area contributed by atoms with Crippen LogP contribution in [-0.4, -0.2) is 37.3 Å². The average Bonchev–Trinajstić information content (AvgIpc) is 2.39. The molecule has 1 N–H and O–H groups in total. The lowest BCUT2D eigenvalue weighted by atomic mass is 9.92. The van der Waals surface area contributed by atoms with Crippen molar-refractivity contribution >= 4 is 55.6 Å². The number of ether oxygens (including phenoxy) is 1. The molecule has 6 nitrogen and oxygen atoms in total. The van der Waals surface area contributed by atoms with Gasteiger partial charge in [-0.15, -0.1) is 0 Å². The van der Waals surface area contributed by atoms with Crippen molar-refractivity contribution in [3.05, 3.63) is 35.4 Å². The van der Waals surface area contributed by atoms with Gasteiger partial charge in [-0.05, 0) is 6.07 Å². The first-order chi connectivity index (χ1) is 9.83. The van der Waals surface area contributed by atoms with Gasteiger partial charge in [-0.25, -0.2) is 8.42 Å². The van der Waals surface area contributed by atoms with E-state index in [1.54, 1.807) is 12.1 Å². The molecule has 0 unspecified atom stereocenters. The molecule has 1 aromatic carbocycles. The molecule has 0 aliphatic heterocycles. The SMILES string of the molecule is CS(=O)(=O)Nc1cccc2c1C(=O)C(=O)C=C2OCCI. The molecule has 0 atom stereocenters. The maximum Gasteiger partial charge on any atom is 0.235 e. The van der Waals surface area contributed by atoms with Gasteiger partial charge in [-0.3, -0.25) is 14.3 Å². The second-order valence-corrected chi connectivity index (χ2v) is 7.17. The Balaban J connectivity index is 2.55. The number of nitrogens with one attached hydrogen (secondary N) is 1. The Bertz CT molecular complexity index is 739. The Morgan fingerprint density at radius 2 is 2.00 bits per heavy atom. The Labute approximate surface area is 135 Å². The van der Waals surface area contributed by atoms with E-state index in [2.05, 4.69) is 27.3 Å². The summed E-state index contributed by atoms with van der Waals surface area (Å²) in [4.78, 5) is 23.8. The molecule has 0 aromatic heterocycles. The van der Waals surface area contributed by atoms with Crippen molar-refractivity contribution in [3.63, 3.8) is 0 Å². The van der Waals surface area contributed by atoms with Crippen LogP contribution in [0.2, 0.25) is 0 Å². The van der Waals surface area contributed by atoms with E-state index >= 15 is 0 Å². The lowest BCUT2D eigenvalue weighted by Crippen LogP contribution is -2.23. The van der Waals surface area contributed by atoms with E-state index < -0.39 is 21.6 Å². The molecule has 2 rings (SSSR count). The molecular formula is C13H12INO5S. The van der Waals surface area contributed by atoms with E-state index in [1.165, 1.54) is 6.07 Å². The van der Waals surface area contributed by atoms with Crippen molar-refractivity contribution in [2.75, 3.05) is 22.0 Å². The molecule has 0 spiro atoms. The highest BCUT2D eigenvalue weighted by molar-refractivity contribution is 14.1. The molecule has 1 aliphatic carbocycles. The van der Waals surface area contributed by atoms with Crippen LogP contribution >= 0.6 is 22.6 Å². The van der Waals surface area contributed by atoms with Crippen molar-refractivity contribution in [3.8, 4) is 0 Å². The Hall–Kier alpha value is -1.42. The number of hydrogen-bond acceptors (Lipinski definition) is 5. The van der Waals surface area contributed by atoms with Crippen molar-refractivity contribution < 1.29 is 22.7 Å². The number of rotatable bonds is 5. The zero-order valence-electron chi connectivity index (χ0n) is 11.1. The molecule has 0 radical (unpaired) electrons. The lowest BCUT2D eigenvalue weighted by molar-refractivity contribution is -0.111. The minimum absolute atomic E-state index is 0.0267. The van der Waals surface area contributed by atoms with Gasteiger partial charge < -0.3 is 4.74 Å². The number of benzene rings is 1. The summed E-state index contributed by atoms with van der Waals surface area (Å²) >= 11 is 2.12. The summed E-state index contributed by atoms with van der Waals surface area (Å²) in [6.07, 6.45) is 2.12. The summed E-state index contributed by atoms with van der Waals surface area (Å²) in [5.74, 6) is -1.20. The first-order valence-electron chi connectivity index (χ1n) is 5.94. The highest BCUT2D eigenvalue weighted by atomic mass is 127. The van der Waals surface area contributed by atoms with Gasteiger partial charge in [0.2, 0.25) is 21.6 Å². The predicted molar refractivity (Wildman–Crippen MR) is 87.1 cm³/mol. The molecule has 0 fully saturated rings. The van der Waals surface area contributed by atoms with Crippen LogP contribution in [-0.2, 0) is 19.6 Å². The Kier molecular flexibility index (Phi) is 4.67. The number of ketones is 2. The minimum atomic E-state index is -3.56. The van der Waals surface area contributed by atoms with Crippen LogP contribution < -0.4 is 4.72 Å². The van der Waals surface area contributed by atoms with Crippen LogP contribution in [0.25, 0.3) is 5.76 Å². The highest BCUT2D eigenvalue weighted by Gasteiger charge is 2.30. The van der Waals surface area contributed by atoms with Gasteiger partial charge >= 0.3 is 0 Å². The average molecular weight is 421 g/mol. The predicted octanol–water partition coefficient (Wildman–Crippen LogP) is 1.62. The second-order valence-electron chi connectivity index (χ2n) is 4.34. The monoisotopic (exact) mass is 421 g/mol. The minimum Gasteiger partial charge on any atom is -0.492 e. The van der Waals surface area contributed by atoms with Gasteiger partial charge in [-0.2, -0.15) is 0 Å². The summed E-state index contributed by atoms with van der Waals surface area (Å²) in [5.41, 5.74) is 0.522. The number of Topliss-reactive ketones (excluding diaryl/α,β-unsaturated/α-hetero) is 1. The van der Waals surface area contributed by atoms with Crippen LogP contribution in [0.5, 0.6) is 0 Å². The lowest BCUT2D eigenvalue weighted by Gasteiger charge is -2.19. The van der Waals surface area contributed by atoms with Crippen molar-refractivity contribution in [2.24, 2.45) is 0 Å². The fraction of sp³-hybridized carbons (Fsp3) is 0.231. The molecule has 21 heavy (non-hydrogen) atoms. The number of allylic oxidation sites excluding steroid dienone is 1. The van der Waals surface area contributed by atoms with Crippen molar-refractivity contribution in [2.45, 2.75) is 0 Å². The zero-order chi connectivity index (χ0) is 15.6. The number of sulfonamides is 1.